The zero-order chi connectivity index (χ0) is 13.9. The molecule has 0 aliphatic rings. The molecule has 0 bridgehead atoms. The lowest BCUT2D eigenvalue weighted by Crippen LogP contribution is -2.47. The van der Waals surface area contributed by atoms with Crippen molar-refractivity contribution in [3.05, 3.63) is 34.1 Å². The summed E-state index contributed by atoms with van der Waals surface area (Å²) in [5, 5.41) is 20.1. The van der Waals surface area contributed by atoms with E-state index < -0.39 is 29.8 Å². The van der Waals surface area contributed by atoms with Gasteiger partial charge in [0.05, 0.1) is 11.7 Å². The maximum atomic E-state index is 13.0. The fraction of sp³-hybridized carbons (Fsp3) is 0.273. The number of halogens is 2. The molecule has 0 radical (unpaired) electrons. The van der Waals surface area contributed by atoms with Crippen LogP contribution in [0.3, 0.4) is 0 Å². The fourth-order valence-electron chi connectivity index (χ4n) is 1.28. The van der Waals surface area contributed by atoms with E-state index in [2.05, 4.69) is 21.2 Å². The van der Waals surface area contributed by atoms with E-state index in [9.17, 15) is 19.1 Å². The second kappa shape index (κ2) is 5.92. The number of hydrogen-bond donors (Lipinski definition) is 3. The largest absolute Gasteiger partial charge is 0.480 e. The molecule has 98 valence electrons. The summed E-state index contributed by atoms with van der Waals surface area (Å²) in [4.78, 5) is 22.6. The van der Waals surface area contributed by atoms with Crippen LogP contribution in [-0.2, 0) is 4.79 Å². The molecule has 0 spiro atoms. The minimum Gasteiger partial charge on any atom is -0.480 e. The van der Waals surface area contributed by atoms with Gasteiger partial charge in [-0.2, -0.15) is 0 Å². The van der Waals surface area contributed by atoms with E-state index in [0.717, 1.165) is 12.1 Å². The van der Waals surface area contributed by atoms with Gasteiger partial charge in [-0.3, -0.25) is 4.79 Å². The Kier molecular flexibility index (Phi) is 4.80. The van der Waals surface area contributed by atoms with E-state index in [1.807, 2.05) is 0 Å². The summed E-state index contributed by atoms with van der Waals surface area (Å²) in [7, 11) is 0. The smallest absolute Gasteiger partial charge is 0.328 e. The molecule has 0 fully saturated rings. The summed E-state index contributed by atoms with van der Waals surface area (Å²) in [6.07, 6.45) is -1.27. The van der Waals surface area contributed by atoms with Crippen molar-refractivity contribution in [1.29, 1.82) is 0 Å². The highest BCUT2D eigenvalue weighted by Gasteiger charge is 2.26. The maximum absolute atomic E-state index is 13.0. The minimum atomic E-state index is -1.45. The van der Waals surface area contributed by atoms with Crippen LogP contribution in [0, 0.1) is 5.82 Å². The van der Waals surface area contributed by atoms with Gasteiger partial charge in [0, 0.05) is 4.47 Å². The highest BCUT2D eigenvalue weighted by atomic mass is 79.9. The lowest BCUT2D eigenvalue weighted by molar-refractivity contribution is -0.141. The Labute approximate surface area is 111 Å². The number of carboxylic acids is 1. The molecule has 18 heavy (non-hydrogen) atoms. The molecule has 2 atom stereocenters. The summed E-state index contributed by atoms with van der Waals surface area (Å²) in [6.45, 7) is 1.24. The maximum Gasteiger partial charge on any atom is 0.328 e. The van der Waals surface area contributed by atoms with E-state index in [4.69, 9.17) is 5.11 Å². The number of carboxylic acid groups (broad SMARTS) is 1. The molecular weight excluding hydrogens is 309 g/mol. The highest BCUT2D eigenvalue weighted by Crippen LogP contribution is 2.18. The molecular formula is C11H11BrFNO4. The SMILES string of the molecule is C[C@@H](O)[C@H](NC(=O)c1cc(F)ccc1Br)C(=O)O. The van der Waals surface area contributed by atoms with Crippen LogP contribution >= 0.6 is 15.9 Å². The third kappa shape index (κ3) is 3.51. The summed E-state index contributed by atoms with van der Waals surface area (Å²) >= 11 is 3.06. The van der Waals surface area contributed by atoms with Gasteiger partial charge in [-0.15, -0.1) is 0 Å². The number of aliphatic carboxylic acids is 1. The molecule has 0 aliphatic heterocycles. The number of hydrogen-bond acceptors (Lipinski definition) is 3. The van der Waals surface area contributed by atoms with E-state index in [1.165, 1.54) is 13.0 Å². The van der Waals surface area contributed by atoms with E-state index in [-0.39, 0.29) is 5.56 Å². The van der Waals surface area contributed by atoms with Crippen LogP contribution in [0.5, 0.6) is 0 Å². The van der Waals surface area contributed by atoms with Gasteiger partial charge in [0.1, 0.15) is 5.82 Å². The van der Waals surface area contributed by atoms with Gasteiger partial charge in [0.2, 0.25) is 0 Å². The van der Waals surface area contributed by atoms with Crippen molar-refractivity contribution >= 4 is 27.8 Å². The summed E-state index contributed by atoms with van der Waals surface area (Å²) < 4.78 is 13.3. The third-order valence-electron chi connectivity index (χ3n) is 2.21. The highest BCUT2D eigenvalue weighted by molar-refractivity contribution is 9.10. The summed E-state index contributed by atoms with van der Waals surface area (Å²) in [5.41, 5.74) is -0.0399. The Balaban J connectivity index is 2.94. The fourth-order valence-corrected chi connectivity index (χ4v) is 1.71. The predicted molar refractivity (Wildman–Crippen MR) is 64.7 cm³/mol. The van der Waals surface area contributed by atoms with Crippen LogP contribution in [0.25, 0.3) is 0 Å². The number of amides is 1. The lowest BCUT2D eigenvalue weighted by Gasteiger charge is -2.17. The van der Waals surface area contributed by atoms with Crippen LogP contribution in [0.2, 0.25) is 0 Å². The second-order valence-electron chi connectivity index (χ2n) is 3.65. The van der Waals surface area contributed by atoms with Crippen LogP contribution in [-0.4, -0.2) is 34.2 Å². The molecule has 1 amide bonds. The normalized spacial score (nSPS) is 13.8. The van der Waals surface area contributed by atoms with E-state index in [1.54, 1.807) is 0 Å². The Morgan fingerprint density at radius 2 is 2.06 bits per heavy atom. The van der Waals surface area contributed by atoms with Gasteiger partial charge >= 0.3 is 5.97 Å². The first kappa shape index (κ1) is 14.6. The number of rotatable bonds is 4. The molecule has 0 saturated heterocycles. The molecule has 1 aromatic rings. The van der Waals surface area contributed by atoms with Crippen molar-refractivity contribution in [2.24, 2.45) is 0 Å². The predicted octanol–water partition coefficient (Wildman–Crippen LogP) is 1.15. The zero-order valence-electron chi connectivity index (χ0n) is 9.35. The van der Waals surface area contributed by atoms with Gasteiger partial charge in [0.15, 0.2) is 6.04 Å². The Hall–Kier alpha value is -1.47. The topological polar surface area (TPSA) is 86.6 Å². The molecule has 1 rings (SSSR count). The number of aliphatic hydroxyl groups excluding tert-OH is 1. The Morgan fingerprint density at radius 3 is 2.56 bits per heavy atom. The monoisotopic (exact) mass is 319 g/mol. The molecule has 5 nitrogen and oxygen atoms in total. The zero-order valence-corrected chi connectivity index (χ0v) is 10.9. The van der Waals surface area contributed by atoms with Crippen LogP contribution < -0.4 is 5.32 Å². The number of aliphatic hydroxyl groups is 1. The summed E-state index contributed by atoms with van der Waals surface area (Å²) in [6, 6.07) is 2.01. The molecule has 0 aromatic heterocycles. The van der Waals surface area contributed by atoms with Crippen LogP contribution in [0.15, 0.2) is 22.7 Å². The first-order valence-electron chi connectivity index (χ1n) is 4.99. The number of carbonyl (C=O) groups is 2. The van der Waals surface area contributed by atoms with Gasteiger partial charge < -0.3 is 15.5 Å². The first-order valence-corrected chi connectivity index (χ1v) is 5.79. The summed E-state index contributed by atoms with van der Waals surface area (Å²) in [5.74, 6) is -2.77. The Bertz CT molecular complexity index is 478. The standard InChI is InChI=1S/C11H11BrFNO4/c1-5(15)9(11(17)18)14-10(16)7-4-6(13)2-3-8(7)12/h2-5,9,15H,1H3,(H,14,16)(H,17,18)/t5-,9+/m1/s1. The van der Waals surface area contributed by atoms with Crippen molar-refractivity contribution in [1.82, 2.24) is 5.32 Å². The number of benzene rings is 1. The minimum absolute atomic E-state index is 0.0399. The number of nitrogens with one attached hydrogen (secondary N) is 1. The van der Waals surface area contributed by atoms with E-state index in [0.29, 0.717) is 4.47 Å². The molecule has 7 heteroatoms. The van der Waals surface area contributed by atoms with Crippen molar-refractivity contribution in [3.8, 4) is 0 Å². The van der Waals surface area contributed by atoms with Crippen molar-refractivity contribution < 1.29 is 24.2 Å². The molecule has 0 aliphatic carbocycles. The average Bonchev–Trinajstić information content (AvgIpc) is 2.28. The lowest BCUT2D eigenvalue weighted by atomic mass is 10.1. The van der Waals surface area contributed by atoms with Crippen LogP contribution in [0.1, 0.15) is 17.3 Å². The molecule has 0 unspecified atom stereocenters. The van der Waals surface area contributed by atoms with Crippen molar-refractivity contribution in [2.45, 2.75) is 19.1 Å². The van der Waals surface area contributed by atoms with Crippen LogP contribution in [0.4, 0.5) is 4.39 Å². The second-order valence-corrected chi connectivity index (χ2v) is 4.51. The van der Waals surface area contributed by atoms with Gasteiger partial charge in [-0.25, -0.2) is 9.18 Å². The van der Waals surface area contributed by atoms with Gasteiger partial charge in [-0.1, -0.05) is 0 Å². The average molecular weight is 320 g/mol. The molecule has 0 heterocycles. The molecule has 3 N–H and O–H groups in total. The molecule has 1 aromatic carbocycles. The van der Waals surface area contributed by atoms with Crippen molar-refractivity contribution in [3.63, 3.8) is 0 Å². The third-order valence-corrected chi connectivity index (χ3v) is 2.90. The first-order chi connectivity index (χ1) is 8.32. The Morgan fingerprint density at radius 1 is 1.44 bits per heavy atom. The van der Waals surface area contributed by atoms with E-state index >= 15 is 0 Å². The quantitative estimate of drug-likeness (QED) is 0.777. The number of carbonyl (C=O) groups excluding carboxylic acids is 1. The van der Waals surface area contributed by atoms with Gasteiger partial charge in [0.25, 0.3) is 5.91 Å². The van der Waals surface area contributed by atoms with Gasteiger partial charge in [-0.05, 0) is 41.1 Å². The van der Waals surface area contributed by atoms with Crippen molar-refractivity contribution in [2.75, 3.05) is 0 Å². The molecule has 0 saturated carbocycles.